The van der Waals surface area contributed by atoms with Crippen molar-refractivity contribution in [2.45, 2.75) is 52.5 Å². The number of nitro groups is 1. The number of nitrogens with zero attached hydrogens (tertiary/aromatic N) is 4. The topological polar surface area (TPSA) is 62.0 Å². The second-order valence-corrected chi connectivity index (χ2v) is 6.88. The average Bonchev–Trinajstić information content (AvgIpc) is 3.01. The van der Waals surface area contributed by atoms with Crippen molar-refractivity contribution in [1.82, 2.24) is 4.90 Å². The number of benzene rings is 1. The highest BCUT2D eigenvalue weighted by Gasteiger charge is 2.26. The molecule has 2 aliphatic heterocycles. The molecular weight excluding hydrogens is 316 g/mol. The number of rotatable bonds is 4. The van der Waals surface area contributed by atoms with Crippen LogP contribution in [0.2, 0.25) is 0 Å². The zero-order valence-corrected chi connectivity index (χ0v) is 15.2. The molecule has 6 nitrogen and oxygen atoms in total. The van der Waals surface area contributed by atoms with Crippen molar-refractivity contribution < 1.29 is 4.92 Å². The lowest BCUT2D eigenvalue weighted by Gasteiger charge is -2.33. The van der Waals surface area contributed by atoms with Crippen LogP contribution in [0.1, 0.15) is 45.1 Å². The number of hydrogen-bond donors (Lipinski definition) is 0. The molecule has 6 heteroatoms. The second-order valence-electron chi connectivity index (χ2n) is 6.88. The standard InChI is InChI=1S/C19H26N4O2/c1-4-6-16-12-19(21-10-5-7-15(21)3)20-13-22(16)17-9-8-14(2)18(11-17)23(24)25/h8-9,11-12,15H,4-7,10,13H2,1-3H3/t15-/m1/s1. The number of nitro benzene ring substituents is 1. The molecule has 1 aromatic carbocycles. The molecule has 0 aliphatic carbocycles. The monoisotopic (exact) mass is 342 g/mol. The molecule has 0 spiro atoms. The fourth-order valence-corrected chi connectivity index (χ4v) is 3.63. The van der Waals surface area contributed by atoms with E-state index in [4.69, 9.17) is 4.99 Å². The molecule has 3 rings (SSSR count). The van der Waals surface area contributed by atoms with Crippen LogP contribution >= 0.6 is 0 Å². The summed E-state index contributed by atoms with van der Waals surface area (Å²) in [6.45, 7) is 7.75. The first kappa shape index (κ1) is 17.5. The van der Waals surface area contributed by atoms with Crippen molar-refractivity contribution in [3.63, 3.8) is 0 Å². The predicted molar refractivity (Wildman–Crippen MR) is 101 cm³/mol. The lowest BCUT2D eigenvalue weighted by atomic mass is 10.1. The van der Waals surface area contributed by atoms with E-state index in [-0.39, 0.29) is 10.6 Å². The Balaban J connectivity index is 1.90. The van der Waals surface area contributed by atoms with Gasteiger partial charge in [-0.2, -0.15) is 0 Å². The highest BCUT2D eigenvalue weighted by atomic mass is 16.6. The minimum absolute atomic E-state index is 0.163. The number of aryl methyl sites for hydroxylation is 1. The van der Waals surface area contributed by atoms with Crippen LogP contribution in [0.4, 0.5) is 11.4 Å². The first-order valence-corrected chi connectivity index (χ1v) is 9.05. The molecule has 0 unspecified atom stereocenters. The summed E-state index contributed by atoms with van der Waals surface area (Å²) in [6, 6.07) is 5.96. The largest absolute Gasteiger partial charge is 0.354 e. The molecule has 1 atom stereocenters. The lowest BCUT2D eigenvalue weighted by molar-refractivity contribution is -0.385. The average molecular weight is 342 g/mol. The first-order chi connectivity index (χ1) is 12.0. The number of aliphatic imine (C=N–C) groups is 1. The van der Waals surface area contributed by atoms with Crippen molar-refractivity contribution in [2.75, 3.05) is 18.1 Å². The van der Waals surface area contributed by atoms with Crippen molar-refractivity contribution in [1.29, 1.82) is 0 Å². The summed E-state index contributed by atoms with van der Waals surface area (Å²) in [7, 11) is 0. The Kier molecular flexibility index (Phi) is 5.06. The van der Waals surface area contributed by atoms with E-state index in [0.717, 1.165) is 30.9 Å². The van der Waals surface area contributed by atoms with Crippen LogP contribution in [0.15, 0.2) is 35.0 Å². The van der Waals surface area contributed by atoms with E-state index < -0.39 is 0 Å². The van der Waals surface area contributed by atoms with E-state index in [1.54, 1.807) is 13.0 Å². The molecule has 0 bridgehead atoms. The third-order valence-electron chi connectivity index (χ3n) is 5.07. The lowest BCUT2D eigenvalue weighted by Crippen LogP contribution is -2.38. The summed E-state index contributed by atoms with van der Waals surface area (Å²) in [4.78, 5) is 20.2. The van der Waals surface area contributed by atoms with Gasteiger partial charge in [0.1, 0.15) is 12.5 Å². The van der Waals surface area contributed by atoms with E-state index in [1.807, 2.05) is 12.1 Å². The van der Waals surface area contributed by atoms with Gasteiger partial charge in [-0.25, -0.2) is 4.99 Å². The molecule has 134 valence electrons. The van der Waals surface area contributed by atoms with E-state index in [2.05, 4.69) is 29.7 Å². The highest BCUT2D eigenvalue weighted by Crippen LogP contribution is 2.31. The Hall–Kier alpha value is -2.37. The van der Waals surface area contributed by atoms with Crippen LogP contribution in [-0.2, 0) is 0 Å². The van der Waals surface area contributed by atoms with Crippen LogP contribution in [0, 0.1) is 17.0 Å². The van der Waals surface area contributed by atoms with Gasteiger partial charge in [-0.05, 0) is 45.3 Å². The number of hydrogen-bond acceptors (Lipinski definition) is 5. The Labute approximate surface area is 149 Å². The van der Waals surface area contributed by atoms with Gasteiger partial charge in [-0.1, -0.05) is 19.4 Å². The van der Waals surface area contributed by atoms with Gasteiger partial charge in [0.05, 0.1) is 4.92 Å². The van der Waals surface area contributed by atoms with Crippen molar-refractivity contribution in [3.8, 4) is 0 Å². The zero-order valence-electron chi connectivity index (χ0n) is 15.2. The van der Waals surface area contributed by atoms with Crippen LogP contribution in [0.25, 0.3) is 0 Å². The summed E-state index contributed by atoms with van der Waals surface area (Å²) < 4.78 is 0. The Bertz CT molecular complexity index is 726. The molecule has 2 aliphatic rings. The fraction of sp³-hybridized carbons (Fsp3) is 0.526. The van der Waals surface area contributed by atoms with Crippen LogP contribution in [-0.4, -0.2) is 34.9 Å². The molecule has 2 heterocycles. The van der Waals surface area contributed by atoms with Gasteiger partial charge in [-0.15, -0.1) is 0 Å². The molecule has 1 fully saturated rings. The predicted octanol–water partition coefficient (Wildman–Crippen LogP) is 4.25. The number of amidine groups is 1. The van der Waals surface area contributed by atoms with Gasteiger partial charge in [0.15, 0.2) is 0 Å². The maximum absolute atomic E-state index is 11.3. The molecular formula is C19H26N4O2. The zero-order chi connectivity index (χ0) is 18.0. The Morgan fingerprint density at radius 2 is 2.20 bits per heavy atom. The summed E-state index contributed by atoms with van der Waals surface area (Å²) in [6.07, 6.45) is 6.55. The van der Waals surface area contributed by atoms with Crippen molar-refractivity contribution in [2.24, 2.45) is 4.99 Å². The van der Waals surface area contributed by atoms with Gasteiger partial charge >= 0.3 is 0 Å². The quantitative estimate of drug-likeness (QED) is 0.606. The number of allylic oxidation sites excluding steroid dienone is 1. The maximum atomic E-state index is 11.3. The van der Waals surface area contributed by atoms with Crippen LogP contribution < -0.4 is 4.90 Å². The molecule has 0 amide bonds. The van der Waals surface area contributed by atoms with Gasteiger partial charge in [-0.3, -0.25) is 10.1 Å². The molecule has 0 aromatic heterocycles. The second kappa shape index (κ2) is 7.25. The summed E-state index contributed by atoms with van der Waals surface area (Å²) >= 11 is 0. The van der Waals surface area contributed by atoms with Gasteiger partial charge in [0.2, 0.25) is 0 Å². The van der Waals surface area contributed by atoms with Crippen LogP contribution in [0.5, 0.6) is 0 Å². The van der Waals surface area contributed by atoms with E-state index in [1.165, 1.54) is 18.5 Å². The van der Waals surface area contributed by atoms with Crippen LogP contribution in [0.3, 0.4) is 0 Å². The molecule has 0 saturated carbocycles. The third kappa shape index (κ3) is 3.52. The van der Waals surface area contributed by atoms with Crippen molar-refractivity contribution in [3.05, 3.63) is 45.6 Å². The highest BCUT2D eigenvalue weighted by molar-refractivity contribution is 5.95. The summed E-state index contributed by atoms with van der Waals surface area (Å²) in [5, 5.41) is 11.3. The van der Waals surface area contributed by atoms with E-state index in [9.17, 15) is 10.1 Å². The Morgan fingerprint density at radius 1 is 1.40 bits per heavy atom. The molecule has 25 heavy (non-hydrogen) atoms. The minimum Gasteiger partial charge on any atom is -0.354 e. The SMILES string of the molecule is CCCC1=CC(N2CCC[C@H]2C)=NCN1c1ccc(C)c([N+](=O)[O-])c1. The van der Waals surface area contributed by atoms with Gasteiger partial charge < -0.3 is 9.80 Å². The molecule has 0 N–H and O–H groups in total. The maximum Gasteiger partial charge on any atom is 0.274 e. The number of anilines is 1. The summed E-state index contributed by atoms with van der Waals surface area (Å²) in [5.74, 6) is 1.06. The van der Waals surface area contributed by atoms with Crippen molar-refractivity contribution >= 4 is 17.2 Å². The van der Waals surface area contributed by atoms with Gasteiger partial charge in [0, 0.05) is 35.6 Å². The van der Waals surface area contributed by atoms with E-state index >= 15 is 0 Å². The minimum atomic E-state index is -0.313. The van der Waals surface area contributed by atoms with E-state index in [0.29, 0.717) is 18.3 Å². The molecule has 1 saturated heterocycles. The smallest absolute Gasteiger partial charge is 0.274 e. The van der Waals surface area contributed by atoms with Gasteiger partial charge in [0.25, 0.3) is 5.69 Å². The summed E-state index contributed by atoms with van der Waals surface area (Å²) in [5.41, 5.74) is 2.87. The molecule has 0 radical (unpaired) electrons. The Morgan fingerprint density at radius 3 is 2.84 bits per heavy atom. The molecule has 1 aromatic rings. The first-order valence-electron chi connectivity index (χ1n) is 9.05. The fourth-order valence-electron chi connectivity index (χ4n) is 3.63. The number of likely N-dealkylation sites (tertiary alicyclic amines) is 1. The normalized spacial score (nSPS) is 20.5. The third-order valence-corrected chi connectivity index (χ3v) is 5.07.